The van der Waals surface area contributed by atoms with Gasteiger partial charge in [0.15, 0.2) is 5.78 Å². The first-order chi connectivity index (χ1) is 10.6. The lowest BCUT2D eigenvalue weighted by Gasteiger charge is -2.60. The number of Topliss-reactive ketones (excluding diaryl/α,β-unsaturated/α-hetero) is 1. The number of quaternary nitrogens is 2. The van der Waals surface area contributed by atoms with Crippen molar-refractivity contribution in [1.29, 1.82) is 0 Å². The molecule has 1 aromatic rings. The summed E-state index contributed by atoms with van der Waals surface area (Å²) < 4.78 is 14.3. The molecule has 0 amide bonds. The van der Waals surface area contributed by atoms with Crippen LogP contribution in [0.25, 0.3) is 0 Å². The zero-order valence-electron chi connectivity index (χ0n) is 13.4. The van der Waals surface area contributed by atoms with Gasteiger partial charge < -0.3 is 0 Å². The molecule has 0 aliphatic carbocycles. The van der Waals surface area contributed by atoms with E-state index in [0.717, 1.165) is 44.6 Å². The molecule has 118 valence electrons. The number of ketones is 1. The average Bonchev–Trinajstić information content (AvgIpc) is 2.52. The summed E-state index contributed by atoms with van der Waals surface area (Å²) in [6, 6.07) is 7.19. The van der Waals surface area contributed by atoms with Crippen molar-refractivity contribution in [2.24, 2.45) is 10.8 Å². The number of benzene rings is 1. The lowest BCUT2D eigenvalue weighted by Crippen LogP contribution is -3.41. The van der Waals surface area contributed by atoms with Gasteiger partial charge >= 0.3 is 0 Å². The summed E-state index contributed by atoms with van der Waals surface area (Å²) in [5, 5.41) is 0. The molecule has 4 saturated heterocycles. The molecule has 22 heavy (non-hydrogen) atoms. The zero-order valence-corrected chi connectivity index (χ0v) is 13.4. The Bertz CT molecular complexity index is 587. The van der Waals surface area contributed by atoms with Crippen molar-refractivity contribution >= 4 is 5.78 Å². The number of carbonyl (C=O) groups is 1. The molecular weight excluding hydrogens is 279 g/mol. The van der Waals surface area contributed by atoms with Gasteiger partial charge in [-0.2, -0.15) is 0 Å². The van der Waals surface area contributed by atoms with Crippen LogP contribution in [0.1, 0.15) is 38.4 Å². The number of halogens is 1. The third-order valence-electron chi connectivity index (χ3n) is 6.61. The molecule has 0 spiro atoms. The zero-order chi connectivity index (χ0) is 15.5. The van der Waals surface area contributed by atoms with Gasteiger partial charge in [-0.05, 0) is 25.0 Å². The second-order valence-corrected chi connectivity index (χ2v) is 7.58. The highest BCUT2D eigenvalue weighted by atomic mass is 19.1. The van der Waals surface area contributed by atoms with E-state index in [1.165, 1.54) is 9.80 Å². The van der Waals surface area contributed by atoms with Crippen LogP contribution in [0.5, 0.6) is 0 Å². The van der Waals surface area contributed by atoms with Gasteiger partial charge in [0.25, 0.3) is 0 Å². The Hall–Kier alpha value is -1.26. The summed E-state index contributed by atoms with van der Waals surface area (Å²) in [7, 11) is 0. The van der Waals surface area contributed by atoms with Crippen LogP contribution in [0.15, 0.2) is 24.3 Å². The average molecular weight is 304 g/mol. The topological polar surface area (TPSA) is 26.0 Å². The van der Waals surface area contributed by atoms with Gasteiger partial charge in [0.2, 0.25) is 6.17 Å². The summed E-state index contributed by atoms with van der Waals surface area (Å²) >= 11 is 0. The highest BCUT2D eigenvalue weighted by Crippen LogP contribution is 2.40. The lowest BCUT2D eigenvalue weighted by atomic mass is 9.58. The molecule has 4 aliphatic heterocycles. The molecule has 4 heterocycles. The van der Waals surface area contributed by atoms with E-state index >= 15 is 0 Å². The molecule has 5 rings (SSSR count). The second kappa shape index (κ2) is 4.62. The Morgan fingerprint density at radius 2 is 1.55 bits per heavy atom. The van der Waals surface area contributed by atoms with Crippen molar-refractivity contribution in [2.75, 3.05) is 26.2 Å². The first-order valence-electron chi connectivity index (χ1n) is 8.54. The van der Waals surface area contributed by atoms with E-state index in [-0.39, 0.29) is 22.8 Å². The number of piperidine rings is 2. The van der Waals surface area contributed by atoms with Crippen LogP contribution in [0.4, 0.5) is 4.39 Å². The van der Waals surface area contributed by atoms with E-state index in [1.54, 1.807) is 12.1 Å². The molecule has 4 aliphatic rings. The van der Waals surface area contributed by atoms with Gasteiger partial charge in [0, 0.05) is 0 Å². The number of rotatable bonds is 3. The van der Waals surface area contributed by atoms with Crippen molar-refractivity contribution in [1.82, 2.24) is 0 Å². The highest BCUT2D eigenvalue weighted by Gasteiger charge is 2.70. The maximum absolute atomic E-state index is 14.3. The van der Waals surface area contributed by atoms with E-state index in [9.17, 15) is 9.18 Å². The van der Waals surface area contributed by atoms with Gasteiger partial charge in [0.05, 0.1) is 0 Å². The number of nitrogens with one attached hydrogen (secondary N) is 2. The summed E-state index contributed by atoms with van der Waals surface area (Å²) in [6.45, 7) is 7.82. The minimum atomic E-state index is -0.168. The summed E-state index contributed by atoms with van der Waals surface area (Å²) in [5.41, 5.74) is 0.494. The monoisotopic (exact) mass is 304 g/mol. The highest BCUT2D eigenvalue weighted by molar-refractivity contribution is 5.92. The predicted octanol–water partition coefficient (Wildman–Crippen LogP) is -0.00320. The Morgan fingerprint density at radius 1 is 1.05 bits per heavy atom. The largest absolute Gasteiger partial charge is 0.297 e. The maximum Gasteiger partial charge on any atom is 0.243 e. The maximum atomic E-state index is 14.3. The Morgan fingerprint density at radius 3 is 2.00 bits per heavy atom. The van der Waals surface area contributed by atoms with E-state index in [1.807, 2.05) is 12.1 Å². The van der Waals surface area contributed by atoms with Crippen LogP contribution in [-0.4, -0.2) is 32.0 Å². The smallest absolute Gasteiger partial charge is 0.243 e. The molecular formula is C18H25FN2O+2. The summed E-state index contributed by atoms with van der Waals surface area (Å²) in [5.74, 6) is 0.409. The van der Waals surface area contributed by atoms with Crippen LogP contribution in [0, 0.1) is 16.6 Å². The Balaban J connectivity index is 1.78. The fraction of sp³-hybridized carbons (Fsp3) is 0.611. The van der Waals surface area contributed by atoms with Crippen LogP contribution in [0.3, 0.4) is 0 Å². The van der Waals surface area contributed by atoms with Crippen LogP contribution in [-0.2, 0) is 4.79 Å². The van der Waals surface area contributed by atoms with Crippen LogP contribution < -0.4 is 9.80 Å². The van der Waals surface area contributed by atoms with E-state index in [2.05, 4.69) is 13.8 Å². The lowest BCUT2D eigenvalue weighted by molar-refractivity contribution is -1.18. The Kier molecular flexibility index (Phi) is 3.01. The van der Waals surface area contributed by atoms with Crippen LogP contribution in [0.2, 0.25) is 0 Å². The van der Waals surface area contributed by atoms with E-state index in [0.29, 0.717) is 5.78 Å². The third-order valence-corrected chi connectivity index (χ3v) is 6.61. The summed E-state index contributed by atoms with van der Waals surface area (Å²) in [4.78, 5) is 15.9. The molecule has 4 bridgehead atoms. The quantitative estimate of drug-likeness (QED) is 0.808. The van der Waals surface area contributed by atoms with E-state index in [4.69, 9.17) is 0 Å². The van der Waals surface area contributed by atoms with Crippen molar-refractivity contribution < 1.29 is 19.0 Å². The SMILES string of the molecule is CCC12C[NH+]3CC(CC)(C[NH+](C1)C3c1ccccc1F)C2=O. The van der Waals surface area contributed by atoms with Gasteiger partial charge in [-0.1, -0.05) is 26.0 Å². The molecule has 1 aromatic carbocycles. The third kappa shape index (κ3) is 1.65. The molecule has 0 unspecified atom stereocenters. The number of hydrogen-bond acceptors (Lipinski definition) is 1. The summed E-state index contributed by atoms with van der Waals surface area (Å²) in [6.07, 6.45) is 2.00. The van der Waals surface area contributed by atoms with Gasteiger partial charge in [-0.3, -0.25) is 14.6 Å². The molecule has 0 radical (unpaired) electrons. The fourth-order valence-corrected chi connectivity index (χ4v) is 5.54. The molecule has 0 atom stereocenters. The molecule has 3 nitrogen and oxygen atoms in total. The van der Waals surface area contributed by atoms with Crippen molar-refractivity contribution in [3.05, 3.63) is 35.6 Å². The normalized spacial score (nSPS) is 42.9. The second-order valence-electron chi connectivity index (χ2n) is 7.58. The Labute approximate surface area is 131 Å². The standard InChI is InChI=1S/C18H23FN2O/c1-3-17-9-20-11-18(4-2,16(17)22)12-21(10-17)15(20)13-7-5-6-8-14(13)19/h5-8,15H,3-4,9-12H2,1-2H3/p+2. The fourth-order valence-electron chi connectivity index (χ4n) is 5.54. The molecule has 2 N–H and O–H groups in total. The minimum absolute atomic E-state index is 0.0950. The molecule has 0 aromatic heterocycles. The minimum Gasteiger partial charge on any atom is -0.297 e. The molecule has 4 heteroatoms. The molecule has 0 saturated carbocycles. The van der Waals surface area contributed by atoms with Gasteiger partial charge in [0.1, 0.15) is 48.4 Å². The predicted molar refractivity (Wildman–Crippen MR) is 81.0 cm³/mol. The van der Waals surface area contributed by atoms with Crippen LogP contribution >= 0.6 is 0 Å². The number of hydrogen-bond donors (Lipinski definition) is 2. The van der Waals surface area contributed by atoms with Crippen molar-refractivity contribution in [2.45, 2.75) is 32.9 Å². The van der Waals surface area contributed by atoms with E-state index < -0.39 is 0 Å². The first-order valence-corrected chi connectivity index (χ1v) is 8.54. The van der Waals surface area contributed by atoms with Crippen molar-refractivity contribution in [3.63, 3.8) is 0 Å². The first kappa shape index (κ1) is 14.3. The van der Waals surface area contributed by atoms with Crippen molar-refractivity contribution in [3.8, 4) is 0 Å². The number of carbonyl (C=O) groups excluding carboxylic acids is 1. The molecule has 4 fully saturated rings. The van der Waals surface area contributed by atoms with Gasteiger partial charge in [-0.25, -0.2) is 4.39 Å². The van der Waals surface area contributed by atoms with Gasteiger partial charge in [-0.15, -0.1) is 0 Å².